The van der Waals surface area contributed by atoms with Gasteiger partial charge in [0, 0.05) is 76.3 Å². The van der Waals surface area contributed by atoms with Gasteiger partial charge < -0.3 is 14.4 Å². The average Bonchev–Trinajstić information content (AvgIpc) is 1.11. The molecule has 0 saturated carbocycles. The van der Waals surface area contributed by atoms with Crippen LogP contribution in [0.25, 0.3) is 82.1 Å². The summed E-state index contributed by atoms with van der Waals surface area (Å²) in [5.41, 5.74) is 19.0. The quantitative estimate of drug-likeness (QED) is 0.128. The number of hydrogen-bond acceptors (Lipinski definition) is 3. The average molecular weight is 1140 g/mol. The normalized spacial score (nSPS) is 12.6. The van der Waals surface area contributed by atoms with Crippen LogP contribution in [-0.4, -0.2) is 4.57 Å². The van der Waals surface area contributed by atoms with E-state index in [4.69, 9.17) is 13.0 Å². The van der Waals surface area contributed by atoms with E-state index in [-0.39, 0.29) is 34.0 Å². The number of para-hydroxylation sites is 2. The fourth-order valence-corrected chi connectivity index (χ4v) is 13.1. The van der Waals surface area contributed by atoms with Crippen LogP contribution in [0, 0.1) is 0 Å². The minimum Gasteiger partial charge on any atom is -0.309 e. The van der Waals surface area contributed by atoms with Gasteiger partial charge in [-0.15, -0.1) is 11.3 Å². The van der Waals surface area contributed by atoms with Crippen molar-refractivity contribution in [2.24, 2.45) is 0 Å². The zero-order valence-electron chi connectivity index (χ0n) is 52.7. The van der Waals surface area contributed by atoms with Crippen molar-refractivity contribution in [1.82, 2.24) is 4.57 Å². The van der Waals surface area contributed by atoms with Gasteiger partial charge in [0.05, 0.1) is 32.2 Å². The van der Waals surface area contributed by atoms with E-state index < -0.39 is 5.41 Å². The lowest BCUT2D eigenvalue weighted by molar-refractivity contribution is 0.590. The Balaban J connectivity index is 1.19. The van der Waals surface area contributed by atoms with Crippen LogP contribution < -0.4 is 9.80 Å². The molecule has 2 heterocycles. The van der Waals surface area contributed by atoms with Gasteiger partial charge in [-0.05, 0) is 146 Å². The molecule has 85 heavy (non-hydrogen) atoms. The molecule has 0 aliphatic carbocycles. The van der Waals surface area contributed by atoms with Crippen LogP contribution in [0.15, 0.2) is 260 Å². The highest BCUT2D eigenvalue weighted by Gasteiger charge is 2.32. The molecule has 0 saturated heterocycles. The second kappa shape index (κ2) is 21.9. The number of anilines is 6. The van der Waals surface area contributed by atoms with Gasteiger partial charge in [0.2, 0.25) is 0 Å². The van der Waals surface area contributed by atoms with Gasteiger partial charge >= 0.3 is 0 Å². The number of rotatable bonds is 11. The Morgan fingerprint density at radius 1 is 0.400 bits per heavy atom. The number of thiophene rings is 1. The van der Waals surface area contributed by atoms with E-state index in [9.17, 15) is 2.74 Å². The highest BCUT2D eigenvalue weighted by molar-refractivity contribution is 7.17. The van der Waals surface area contributed by atoms with E-state index >= 15 is 0 Å². The van der Waals surface area contributed by atoms with E-state index in [0.717, 1.165) is 111 Å². The fraction of sp³-hybridized carbons (Fsp3) is 0.150. The van der Waals surface area contributed by atoms with Crippen LogP contribution in [0.3, 0.4) is 0 Å². The third-order valence-electron chi connectivity index (χ3n) is 16.5. The Hall–Kier alpha value is -8.93. The van der Waals surface area contributed by atoms with Crippen LogP contribution in [0.5, 0.6) is 0 Å². The molecule has 13 rings (SSSR count). The molecule has 5 heteroatoms. The first-order valence-corrected chi connectivity index (χ1v) is 30.6. The first-order valence-electron chi connectivity index (χ1n) is 30.8. The van der Waals surface area contributed by atoms with Gasteiger partial charge in [0.1, 0.15) is 0 Å². The summed E-state index contributed by atoms with van der Waals surface area (Å²) in [6, 6.07) is 84.6. The van der Waals surface area contributed by atoms with Crippen molar-refractivity contribution >= 4 is 89.0 Å². The second-order valence-electron chi connectivity index (χ2n) is 25.4. The molecule has 2 aromatic heterocycles. The molecule has 0 radical (unpaired) electrons. The minimum absolute atomic E-state index is 0.0430. The van der Waals surface area contributed by atoms with Crippen molar-refractivity contribution in [1.29, 1.82) is 0 Å². The summed E-state index contributed by atoms with van der Waals surface area (Å²) in [5, 5.41) is 5.76. The molecule has 0 unspecified atom stereocenters. The molecule has 0 aliphatic rings. The number of halogens is 1. The zero-order valence-corrected chi connectivity index (χ0v) is 51.3. The summed E-state index contributed by atoms with van der Waals surface area (Å²) in [7, 11) is 0. The van der Waals surface area contributed by atoms with Crippen molar-refractivity contribution in [3.8, 4) is 50.2 Å². The molecule has 0 amide bonds. The monoisotopic (exact) mass is 1140 g/mol. The predicted molar refractivity (Wildman–Crippen MR) is 368 cm³/mol. The number of nitrogens with zero attached hydrogens (tertiary/aromatic N) is 3. The minimum atomic E-state index is -0.426. The molecule has 3 nitrogen and oxygen atoms in total. The Kier molecular flexibility index (Phi) is 13.3. The van der Waals surface area contributed by atoms with Gasteiger partial charge in [0.15, 0.2) is 0 Å². The molecular formula is C80H70ClN3S. The first-order chi connectivity index (χ1) is 42.2. The van der Waals surface area contributed by atoms with Crippen LogP contribution in [0.2, 0.25) is 5.02 Å². The van der Waals surface area contributed by atoms with E-state index in [2.05, 4.69) is 300 Å². The summed E-state index contributed by atoms with van der Waals surface area (Å²) in [6.45, 7) is 20.4. The Labute approximate surface area is 514 Å². The van der Waals surface area contributed by atoms with E-state index in [1.807, 2.05) is 12.1 Å². The predicted octanol–water partition coefficient (Wildman–Crippen LogP) is 24.2. The molecule has 0 fully saturated rings. The van der Waals surface area contributed by atoms with Crippen molar-refractivity contribution in [2.45, 2.75) is 78.6 Å². The van der Waals surface area contributed by atoms with Crippen molar-refractivity contribution in [3.05, 3.63) is 282 Å². The third kappa shape index (κ3) is 10.5. The maximum atomic E-state index is 10.1. The van der Waals surface area contributed by atoms with Crippen LogP contribution in [0.1, 0.15) is 83.1 Å². The Morgan fingerprint density at radius 3 is 1.25 bits per heavy atom. The van der Waals surface area contributed by atoms with Gasteiger partial charge in [-0.2, -0.15) is 0 Å². The summed E-state index contributed by atoms with van der Waals surface area (Å²) >= 11 is 8.91. The lowest BCUT2D eigenvalue weighted by atomic mass is 9.81. The zero-order chi connectivity index (χ0) is 61.4. The maximum Gasteiger partial charge on any atom is 0.0661 e. The Morgan fingerprint density at radius 2 is 0.800 bits per heavy atom. The van der Waals surface area contributed by atoms with E-state index in [0.29, 0.717) is 5.69 Å². The highest BCUT2D eigenvalue weighted by atomic mass is 35.5. The maximum absolute atomic E-state index is 10.1. The van der Waals surface area contributed by atoms with Crippen molar-refractivity contribution in [2.75, 3.05) is 9.80 Å². The summed E-state index contributed by atoms with van der Waals surface area (Å²) in [5.74, 6) is 0. The molecule has 0 atom stereocenters. The molecule has 0 N–H and O–H groups in total. The van der Waals surface area contributed by atoms with Crippen molar-refractivity contribution in [3.63, 3.8) is 0 Å². The Bertz CT molecular complexity index is 4610. The molecule has 0 bridgehead atoms. The van der Waals surface area contributed by atoms with Crippen LogP contribution >= 0.6 is 22.9 Å². The van der Waals surface area contributed by atoms with E-state index in [1.165, 1.54) is 16.3 Å². The highest BCUT2D eigenvalue weighted by Crippen LogP contribution is 2.55. The number of aromatic nitrogens is 1. The standard InChI is InChI=1S/C80H70ClN3S/c1-78(2,3)57-43-63(82(61-36-26-35-60(81)49-61)76-68(53-27-14-10-15-28-53)45-58(79(4,5)6)46-69(76)54-29-16-11-17-30-54)50-64(44-57)84(77-70(55-31-18-12-19-32-55)47-59(80(7,8)9)48-71(77)56-33-20-13-21-34-56)74-52-85-75-51-62(41-42-67(74)75)83-72-39-24-22-37-65(72)66-38-23-25-40-73(66)83/h10-52H,1-9H3/i26D,35D,49D. The molecule has 0 aliphatic heterocycles. The van der Waals surface area contributed by atoms with Crippen molar-refractivity contribution < 1.29 is 4.11 Å². The summed E-state index contributed by atoms with van der Waals surface area (Å²) in [6.07, 6.45) is 0. The number of benzene rings is 11. The number of fused-ring (bicyclic) bond motifs is 4. The lowest BCUT2D eigenvalue weighted by Crippen LogP contribution is -2.20. The topological polar surface area (TPSA) is 11.4 Å². The summed E-state index contributed by atoms with van der Waals surface area (Å²) < 4.78 is 32.1. The molecule has 418 valence electrons. The fourth-order valence-electron chi connectivity index (χ4n) is 12.0. The lowest BCUT2D eigenvalue weighted by Gasteiger charge is -2.36. The molecule has 11 aromatic carbocycles. The largest absolute Gasteiger partial charge is 0.309 e. The first kappa shape index (κ1) is 51.7. The molecule has 13 aromatic rings. The smallest absolute Gasteiger partial charge is 0.0661 e. The van der Waals surface area contributed by atoms with Gasteiger partial charge in [-0.1, -0.05) is 238 Å². The van der Waals surface area contributed by atoms with Gasteiger partial charge in [-0.3, -0.25) is 0 Å². The molecular weight excluding hydrogens is 1070 g/mol. The van der Waals surface area contributed by atoms with Crippen LogP contribution in [-0.2, 0) is 16.2 Å². The second-order valence-corrected chi connectivity index (χ2v) is 26.7. The third-order valence-corrected chi connectivity index (χ3v) is 17.6. The van der Waals surface area contributed by atoms with Gasteiger partial charge in [-0.25, -0.2) is 0 Å². The SMILES string of the molecule is [2H]c1cc(N(c2cc(N(c3c(-c4ccccc4)cc(C(C)(C)C)cc3-c3ccccc3)c3csc4cc(-n5c6ccccc6c6ccccc65)ccc34)cc(C(C)(C)C)c2)c2c(-c3ccccc3)cc(C(C)(C)C)cc2-c2ccccc2)c([2H])c(Cl)c1[2H]. The summed E-state index contributed by atoms with van der Waals surface area (Å²) in [4.78, 5) is 4.67. The molecule has 0 spiro atoms. The number of hydrogen-bond donors (Lipinski definition) is 0. The van der Waals surface area contributed by atoms with Gasteiger partial charge in [0.25, 0.3) is 0 Å². The van der Waals surface area contributed by atoms with E-state index in [1.54, 1.807) is 17.4 Å². The van der Waals surface area contributed by atoms with Crippen LogP contribution in [0.4, 0.5) is 34.1 Å².